The molecule has 2 nitrogen and oxygen atoms in total. The first-order chi connectivity index (χ1) is 10.7. The van der Waals surface area contributed by atoms with Crippen molar-refractivity contribution in [2.24, 2.45) is 0 Å². The summed E-state index contributed by atoms with van der Waals surface area (Å²) in [6.07, 6.45) is 0. The van der Waals surface area contributed by atoms with E-state index in [1.54, 1.807) is 23.5 Å². The van der Waals surface area contributed by atoms with Crippen LogP contribution in [0.4, 0.5) is 0 Å². The standard InChI is InChI=1S/C19H12O2S/c20-19(21)13-6-5-12-9-18(14-7-8-22-11-14)16-4-2-1-3-15(16)17(12)10-13/h1-11H,(H,20,21). The summed E-state index contributed by atoms with van der Waals surface area (Å²) >= 11 is 1.68. The molecule has 0 amide bonds. The molecule has 0 aliphatic carbocycles. The van der Waals surface area contributed by atoms with E-state index in [1.807, 2.05) is 18.2 Å². The van der Waals surface area contributed by atoms with E-state index in [1.165, 1.54) is 11.1 Å². The molecular formula is C19H12O2S. The Balaban J connectivity index is 2.15. The number of rotatable bonds is 2. The van der Waals surface area contributed by atoms with Crippen LogP contribution in [0.3, 0.4) is 0 Å². The van der Waals surface area contributed by atoms with E-state index in [0.29, 0.717) is 5.56 Å². The summed E-state index contributed by atoms with van der Waals surface area (Å²) in [5.74, 6) is -0.895. The van der Waals surface area contributed by atoms with Crippen LogP contribution in [0.5, 0.6) is 0 Å². The highest BCUT2D eigenvalue weighted by molar-refractivity contribution is 7.08. The summed E-state index contributed by atoms with van der Waals surface area (Å²) < 4.78 is 0. The maximum absolute atomic E-state index is 11.2. The third-order valence-electron chi connectivity index (χ3n) is 3.94. The Morgan fingerprint density at radius 2 is 1.73 bits per heavy atom. The lowest BCUT2D eigenvalue weighted by molar-refractivity contribution is 0.0697. The van der Waals surface area contributed by atoms with Gasteiger partial charge in [0.25, 0.3) is 0 Å². The van der Waals surface area contributed by atoms with E-state index in [9.17, 15) is 9.90 Å². The highest BCUT2D eigenvalue weighted by atomic mass is 32.1. The van der Waals surface area contributed by atoms with E-state index in [-0.39, 0.29) is 0 Å². The van der Waals surface area contributed by atoms with Gasteiger partial charge in [0.15, 0.2) is 0 Å². The van der Waals surface area contributed by atoms with E-state index in [4.69, 9.17) is 0 Å². The molecule has 0 aliphatic rings. The zero-order valence-electron chi connectivity index (χ0n) is 11.6. The van der Waals surface area contributed by atoms with Crippen LogP contribution in [0.25, 0.3) is 32.7 Å². The Morgan fingerprint density at radius 3 is 2.45 bits per heavy atom. The molecule has 0 fully saturated rings. The van der Waals surface area contributed by atoms with E-state index in [2.05, 4.69) is 35.0 Å². The summed E-state index contributed by atoms with van der Waals surface area (Å²) in [6.45, 7) is 0. The molecule has 0 bridgehead atoms. The van der Waals surface area contributed by atoms with Crippen molar-refractivity contribution in [3.05, 3.63) is 70.9 Å². The maximum atomic E-state index is 11.2. The van der Waals surface area contributed by atoms with Gasteiger partial charge in [-0.1, -0.05) is 30.3 Å². The second kappa shape index (κ2) is 4.97. The number of carboxylic acids is 1. The molecule has 1 heterocycles. The van der Waals surface area contributed by atoms with Crippen molar-refractivity contribution in [2.45, 2.75) is 0 Å². The van der Waals surface area contributed by atoms with E-state index < -0.39 is 5.97 Å². The third kappa shape index (κ3) is 1.98. The molecule has 0 saturated carbocycles. The topological polar surface area (TPSA) is 37.3 Å². The van der Waals surface area contributed by atoms with Crippen LogP contribution in [0, 0.1) is 0 Å². The Morgan fingerprint density at radius 1 is 0.909 bits per heavy atom. The largest absolute Gasteiger partial charge is 0.478 e. The smallest absolute Gasteiger partial charge is 0.335 e. The Labute approximate surface area is 131 Å². The average molecular weight is 304 g/mol. The average Bonchev–Trinajstić information content (AvgIpc) is 3.08. The number of aromatic carboxylic acids is 1. The summed E-state index contributed by atoms with van der Waals surface area (Å²) in [5.41, 5.74) is 2.71. The van der Waals surface area contributed by atoms with E-state index in [0.717, 1.165) is 21.5 Å². The Hall–Kier alpha value is -2.65. The van der Waals surface area contributed by atoms with E-state index >= 15 is 0 Å². The number of hydrogen-bond donors (Lipinski definition) is 1. The van der Waals surface area contributed by atoms with Gasteiger partial charge in [-0.05, 0) is 67.7 Å². The molecule has 106 valence electrons. The monoisotopic (exact) mass is 304 g/mol. The minimum atomic E-state index is -0.895. The quantitative estimate of drug-likeness (QED) is 0.502. The molecule has 1 N–H and O–H groups in total. The molecule has 3 heteroatoms. The molecule has 0 spiro atoms. The number of thiophene rings is 1. The summed E-state index contributed by atoms with van der Waals surface area (Å²) in [7, 11) is 0. The van der Waals surface area contributed by atoms with Crippen molar-refractivity contribution in [1.29, 1.82) is 0 Å². The predicted octanol–water partition coefficient (Wildman–Crippen LogP) is 5.42. The van der Waals surface area contributed by atoms with Crippen molar-refractivity contribution in [3.63, 3.8) is 0 Å². The minimum absolute atomic E-state index is 0.320. The van der Waals surface area contributed by atoms with Crippen LogP contribution in [0.15, 0.2) is 65.4 Å². The fourth-order valence-corrected chi connectivity index (χ4v) is 3.55. The van der Waals surface area contributed by atoms with Gasteiger partial charge in [0.1, 0.15) is 0 Å². The SMILES string of the molecule is O=C(O)c1ccc2cc(-c3ccsc3)c3ccccc3c2c1. The first kappa shape index (κ1) is 13.0. The van der Waals surface area contributed by atoms with Crippen molar-refractivity contribution < 1.29 is 9.90 Å². The van der Waals surface area contributed by atoms with Gasteiger partial charge in [-0.3, -0.25) is 0 Å². The second-order valence-electron chi connectivity index (χ2n) is 5.22. The van der Waals surface area contributed by atoms with Crippen LogP contribution in [-0.4, -0.2) is 11.1 Å². The Kier molecular flexibility index (Phi) is 2.94. The van der Waals surface area contributed by atoms with Gasteiger partial charge in [0, 0.05) is 0 Å². The number of carbonyl (C=O) groups is 1. The van der Waals surface area contributed by atoms with Crippen LogP contribution in [-0.2, 0) is 0 Å². The van der Waals surface area contributed by atoms with Gasteiger partial charge in [0.2, 0.25) is 0 Å². The minimum Gasteiger partial charge on any atom is -0.478 e. The van der Waals surface area contributed by atoms with Crippen LogP contribution >= 0.6 is 11.3 Å². The summed E-state index contributed by atoms with van der Waals surface area (Å²) in [4.78, 5) is 11.2. The van der Waals surface area contributed by atoms with Gasteiger partial charge < -0.3 is 5.11 Å². The summed E-state index contributed by atoms with van der Waals surface area (Å²) in [6, 6.07) is 17.7. The molecule has 4 rings (SSSR count). The molecule has 0 saturated heterocycles. The van der Waals surface area contributed by atoms with Crippen LogP contribution in [0.2, 0.25) is 0 Å². The zero-order chi connectivity index (χ0) is 15.1. The molecule has 0 radical (unpaired) electrons. The molecule has 0 aliphatic heterocycles. The lowest BCUT2D eigenvalue weighted by Gasteiger charge is -2.10. The van der Waals surface area contributed by atoms with Crippen molar-refractivity contribution in [2.75, 3.05) is 0 Å². The van der Waals surface area contributed by atoms with Gasteiger partial charge in [-0.25, -0.2) is 4.79 Å². The summed E-state index contributed by atoms with van der Waals surface area (Å²) in [5, 5.41) is 17.7. The number of benzene rings is 3. The van der Waals surface area contributed by atoms with Gasteiger partial charge in [-0.2, -0.15) is 11.3 Å². The number of carboxylic acid groups (broad SMARTS) is 1. The molecular weight excluding hydrogens is 292 g/mol. The maximum Gasteiger partial charge on any atom is 0.335 e. The first-order valence-corrected chi connectivity index (χ1v) is 7.90. The van der Waals surface area contributed by atoms with Crippen LogP contribution < -0.4 is 0 Å². The molecule has 4 aromatic rings. The molecule has 0 atom stereocenters. The lowest BCUT2D eigenvalue weighted by Crippen LogP contribution is -1.95. The van der Waals surface area contributed by atoms with Crippen LogP contribution in [0.1, 0.15) is 10.4 Å². The number of fused-ring (bicyclic) bond motifs is 3. The lowest BCUT2D eigenvalue weighted by atomic mass is 9.93. The fraction of sp³-hybridized carbons (Fsp3) is 0. The van der Waals surface area contributed by atoms with Gasteiger partial charge in [-0.15, -0.1) is 0 Å². The molecule has 1 aromatic heterocycles. The normalized spacial score (nSPS) is 11.1. The number of hydrogen-bond acceptors (Lipinski definition) is 2. The third-order valence-corrected chi connectivity index (χ3v) is 4.62. The zero-order valence-corrected chi connectivity index (χ0v) is 12.4. The van der Waals surface area contributed by atoms with Crippen molar-refractivity contribution in [1.82, 2.24) is 0 Å². The predicted molar refractivity (Wildman–Crippen MR) is 91.7 cm³/mol. The first-order valence-electron chi connectivity index (χ1n) is 6.95. The highest BCUT2D eigenvalue weighted by Gasteiger charge is 2.11. The van der Waals surface area contributed by atoms with Crippen molar-refractivity contribution >= 4 is 38.9 Å². The van der Waals surface area contributed by atoms with Gasteiger partial charge >= 0.3 is 5.97 Å². The molecule has 0 unspecified atom stereocenters. The second-order valence-corrected chi connectivity index (χ2v) is 6.00. The fourth-order valence-electron chi connectivity index (χ4n) is 2.89. The van der Waals surface area contributed by atoms with Crippen molar-refractivity contribution in [3.8, 4) is 11.1 Å². The molecule has 22 heavy (non-hydrogen) atoms. The Bertz CT molecular complexity index is 1000. The molecule has 3 aromatic carbocycles. The highest BCUT2D eigenvalue weighted by Crippen LogP contribution is 2.36. The van der Waals surface area contributed by atoms with Gasteiger partial charge in [0.05, 0.1) is 5.56 Å².